The lowest BCUT2D eigenvalue weighted by molar-refractivity contribution is 0.414. The fourth-order valence-electron chi connectivity index (χ4n) is 2.82. The summed E-state index contributed by atoms with van der Waals surface area (Å²) in [6, 6.07) is 15.8. The summed E-state index contributed by atoms with van der Waals surface area (Å²) in [5, 5.41) is 15.8. The predicted octanol–water partition coefficient (Wildman–Crippen LogP) is 3.26. The van der Waals surface area contributed by atoms with Crippen LogP contribution in [-0.4, -0.2) is 34.4 Å². The standard InChI is InChI=1S/C22H27ClN6O/c1-16-27-28-21(29(16)2)15-26-22(24-13-12-17-4-8-19(23)9-5-17)25-14-18-6-10-20(30-3)11-7-18/h4-11H,12-15H2,1-3H3,(H2,24,25,26). The molecule has 0 unspecified atom stereocenters. The van der Waals surface area contributed by atoms with Crippen molar-refractivity contribution in [1.29, 1.82) is 0 Å². The van der Waals surface area contributed by atoms with Crippen molar-refractivity contribution in [2.45, 2.75) is 26.4 Å². The second-order valence-electron chi connectivity index (χ2n) is 6.89. The second-order valence-corrected chi connectivity index (χ2v) is 7.33. The second kappa shape index (κ2) is 10.6. The van der Waals surface area contributed by atoms with Crippen molar-refractivity contribution in [1.82, 2.24) is 25.4 Å². The van der Waals surface area contributed by atoms with Gasteiger partial charge in [0.2, 0.25) is 0 Å². The number of nitrogens with one attached hydrogen (secondary N) is 2. The monoisotopic (exact) mass is 426 g/mol. The fraction of sp³-hybridized carbons (Fsp3) is 0.318. The zero-order valence-electron chi connectivity index (χ0n) is 17.5. The molecule has 30 heavy (non-hydrogen) atoms. The molecule has 3 rings (SSSR count). The zero-order chi connectivity index (χ0) is 21.3. The smallest absolute Gasteiger partial charge is 0.191 e. The molecule has 1 heterocycles. The minimum absolute atomic E-state index is 0.534. The highest BCUT2D eigenvalue weighted by Crippen LogP contribution is 2.12. The average Bonchev–Trinajstić information content (AvgIpc) is 3.09. The van der Waals surface area contributed by atoms with Crippen LogP contribution in [0.5, 0.6) is 5.75 Å². The zero-order valence-corrected chi connectivity index (χ0v) is 18.3. The van der Waals surface area contributed by atoms with E-state index in [1.54, 1.807) is 7.11 Å². The first-order chi connectivity index (χ1) is 14.5. The van der Waals surface area contributed by atoms with E-state index in [1.165, 1.54) is 5.56 Å². The Balaban J connectivity index is 1.62. The van der Waals surface area contributed by atoms with Crippen molar-refractivity contribution in [3.8, 4) is 5.75 Å². The van der Waals surface area contributed by atoms with E-state index in [2.05, 4.69) is 20.8 Å². The van der Waals surface area contributed by atoms with Crippen LogP contribution in [0.1, 0.15) is 22.8 Å². The van der Waals surface area contributed by atoms with E-state index in [0.717, 1.165) is 46.9 Å². The Morgan fingerprint density at radius 2 is 1.73 bits per heavy atom. The molecule has 0 amide bonds. The van der Waals surface area contributed by atoms with Crippen molar-refractivity contribution in [3.05, 3.63) is 76.3 Å². The van der Waals surface area contributed by atoms with Crippen LogP contribution in [0.2, 0.25) is 5.02 Å². The van der Waals surface area contributed by atoms with Gasteiger partial charge in [-0.2, -0.15) is 0 Å². The maximum absolute atomic E-state index is 5.96. The number of guanidine groups is 1. The lowest BCUT2D eigenvalue weighted by Crippen LogP contribution is -2.38. The Hall–Kier alpha value is -3.06. The Morgan fingerprint density at radius 1 is 1.03 bits per heavy atom. The molecule has 0 radical (unpaired) electrons. The number of rotatable bonds is 8. The van der Waals surface area contributed by atoms with Gasteiger partial charge in [0.25, 0.3) is 0 Å². The maximum atomic E-state index is 5.96. The molecule has 1 aromatic heterocycles. The molecule has 0 fully saturated rings. The minimum atomic E-state index is 0.534. The molecule has 2 aromatic carbocycles. The average molecular weight is 427 g/mol. The molecule has 0 spiro atoms. The number of hydrogen-bond acceptors (Lipinski definition) is 4. The van der Waals surface area contributed by atoms with Gasteiger partial charge in [-0.15, -0.1) is 10.2 Å². The lowest BCUT2D eigenvalue weighted by Gasteiger charge is -2.13. The molecule has 0 atom stereocenters. The number of aryl methyl sites for hydroxylation is 1. The van der Waals surface area contributed by atoms with Gasteiger partial charge < -0.3 is 19.9 Å². The Labute approximate surface area is 182 Å². The molecule has 7 nitrogen and oxygen atoms in total. The van der Waals surface area contributed by atoms with Gasteiger partial charge in [0.1, 0.15) is 11.6 Å². The van der Waals surface area contributed by atoms with E-state index < -0.39 is 0 Å². The van der Waals surface area contributed by atoms with Crippen molar-refractivity contribution in [2.75, 3.05) is 13.7 Å². The summed E-state index contributed by atoms with van der Waals surface area (Å²) in [5.74, 6) is 3.28. The number of ether oxygens (including phenoxy) is 1. The van der Waals surface area contributed by atoms with E-state index >= 15 is 0 Å². The van der Waals surface area contributed by atoms with Crippen molar-refractivity contribution in [3.63, 3.8) is 0 Å². The number of benzene rings is 2. The molecule has 0 saturated carbocycles. The topological polar surface area (TPSA) is 76.4 Å². The Kier molecular flexibility index (Phi) is 7.68. The van der Waals surface area contributed by atoms with E-state index in [-0.39, 0.29) is 0 Å². The van der Waals surface area contributed by atoms with Crippen LogP contribution in [0.15, 0.2) is 53.5 Å². The van der Waals surface area contributed by atoms with Gasteiger partial charge in [0.15, 0.2) is 11.8 Å². The summed E-state index contributed by atoms with van der Waals surface area (Å²) in [7, 11) is 3.61. The van der Waals surface area contributed by atoms with E-state index in [4.69, 9.17) is 21.3 Å². The summed E-state index contributed by atoms with van der Waals surface area (Å²) in [6.45, 7) is 3.76. The third-order valence-electron chi connectivity index (χ3n) is 4.79. The Bertz CT molecular complexity index is 966. The highest BCUT2D eigenvalue weighted by atomic mass is 35.5. The summed E-state index contributed by atoms with van der Waals surface area (Å²) in [6.07, 6.45) is 0.865. The van der Waals surface area contributed by atoms with Gasteiger partial charge in [-0.25, -0.2) is 4.99 Å². The number of hydrogen-bond donors (Lipinski definition) is 2. The first kappa shape index (κ1) is 21.6. The van der Waals surface area contributed by atoms with Gasteiger partial charge in [-0.05, 0) is 48.7 Å². The van der Waals surface area contributed by atoms with Crippen molar-refractivity contribution >= 4 is 17.6 Å². The highest BCUT2D eigenvalue weighted by molar-refractivity contribution is 6.30. The van der Waals surface area contributed by atoms with E-state index in [1.807, 2.05) is 67.1 Å². The summed E-state index contributed by atoms with van der Waals surface area (Å²) in [4.78, 5) is 4.72. The van der Waals surface area contributed by atoms with Gasteiger partial charge in [-0.3, -0.25) is 0 Å². The van der Waals surface area contributed by atoms with Gasteiger partial charge in [-0.1, -0.05) is 35.9 Å². The predicted molar refractivity (Wildman–Crippen MR) is 120 cm³/mol. The number of aliphatic imine (C=N–C) groups is 1. The largest absolute Gasteiger partial charge is 0.497 e. The SMILES string of the molecule is COc1ccc(CN=C(NCCc2ccc(Cl)cc2)NCc2nnc(C)n2C)cc1. The van der Waals surface area contributed by atoms with Crippen LogP contribution in [0.3, 0.4) is 0 Å². The first-order valence-corrected chi connectivity index (χ1v) is 10.2. The summed E-state index contributed by atoms with van der Waals surface area (Å²) in [5.41, 5.74) is 2.31. The molecule has 0 aliphatic heterocycles. The molecular formula is C22H27ClN6O. The van der Waals surface area contributed by atoms with Gasteiger partial charge >= 0.3 is 0 Å². The van der Waals surface area contributed by atoms with Gasteiger partial charge in [0.05, 0.1) is 20.2 Å². The van der Waals surface area contributed by atoms with E-state index in [9.17, 15) is 0 Å². The summed E-state index contributed by atoms with van der Waals surface area (Å²) >= 11 is 5.96. The fourth-order valence-corrected chi connectivity index (χ4v) is 2.95. The quantitative estimate of drug-likeness (QED) is 0.427. The third kappa shape index (κ3) is 6.22. The normalized spacial score (nSPS) is 11.4. The van der Waals surface area contributed by atoms with Crippen LogP contribution in [-0.2, 0) is 26.6 Å². The number of methoxy groups -OCH3 is 1. The molecule has 158 valence electrons. The first-order valence-electron chi connectivity index (χ1n) is 9.79. The highest BCUT2D eigenvalue weighted by Gasteiger charge is 2.06. The third-order valence-corrected chi connectivity index (χ3v) is 5.05. The van der Waals surface area contributed by atoms with Crippen molar-refractivity contribution in [2.24, 2.45) is 12.0 Å². The molecule has 3 aromatic rings. The lowest BCUT2D eigenvalue weighted by atomic mass is 10.1. The van der Waals surface area contributed by atoms with Crippen molar-refractivity contribution < 1.29 is 4.74 Å². The number of nitrogens with zero attached hydrogens (tertiary/aromatic N) is 4. The van der Waals surface area contributed by atoms with Crippen LogP contribution < -0.4 is 15.4 Å². The van der Waals surface area contributed by atoms with Crippen LogP contribution in [0, 0.1) is 6.92 Å². The van der Waals surface area contributed by atoms with E-state index in [0.29, 0.717) is 13.1 Å². The summed E-state index contributed by atoms with van der Waals surface area (Å²) < 4.78 is 7.17. The van der Waals surface area contributed by atoms with Crippen LogP contribution in [0.4, 0.5) is 0 Å². The number of aromatic nitrogens is 3. The minimum Gasteiger partial charge on any atom is -0.497 e. The molecule has 2 N–H and O–H groups in total. The molecule has 8 heteroatoms. The van der Waals surface area contributed by atoms with Crippen LogP contribution >= 0.6 is 11.6 Å². The number of halogens is 1. The maximum Gasteiger partial charge on any atom is 0.191 e. The Morgan fingerprint density at radius 3 is 2.37 bits per heavy atom. The molecule has 0 aliphatic carbocycles. The molecule has 0 saturated heterocycles. The molecular weight excluding hydrogens is 400 g/mol. The van der Waals surface area contributed by atoms with Crippen LogP contribution in [0.25, 0.3) is 0 Å². The molecule has 0 bridgehead atoms. The van der Waals surface area contributed by atoms with Gasteiger partial charge in [0, 0.05) is 18.6 Å². The molecule has 0 aliphatic rings.